The van der Waals surface area contributed by atoms with Gasteiger partial charge in [-0.3, -0.25) is 4.79 Å². The number of carbonyl (C=O) groups is 1. The van der Waals surface area contributed by atoms with Gasteiger partial charge in [0.2, 0.25) is 0 Å². The molecule has 2 nitrogen and oxygen atoms in total. The Morgan fingerprint density at radius 2 is 1.83 bits per heavy atom. The molecule has 124 valence electrons. The molecule has 0 atom stereocenters. The van der Waals surface area contributed by atoms with Crippen LogP contribution in [0.4, 0.5) is 10.1 Å². The first-order chi connectivity index (χ1) is 11.4. The molecule has 1 amide bonds. The van der Waals surface area contributed by atoms with Crippen LogP contribution in [0.3, 0.4) is 0 Å². The third-order valence-electron chi connectivity index (χ3n) is 4.27. The first kappa shape index (κ1) is 16.7. The summed E-state index contributed by atoms with van der Waals surface area (Å²) in [5.41, 5.74) is 3.69. The van der Waals surface area contributed by atoms with Crippen molar-refractivity contribution >= 4 is 33.0 Å². The molecule has 0 aliphatic carbocycles. The van der Waals surface area contributed by atoms with E-state index in [0.717, 1.165) is 21.5 Å². The fourth-order valence-electron chi connectivity index (χ4n) is 2.98. The van der Waals surface area contributed by atoms with Gasteiger partial charge in [0.25, 0.3) is 5.91 Å². The SMILES string of the molecule is Cc1cccc(C(C)C)c1NC(=O)c1sc2cccc(F)c2c1C. The molecule has 0 aliphatic rings. The molecule has 2 aromatic carbocycles. The number of hydrogen-bond donors (Lipinski definition) is 1. The zero-order valence-corrected chi connectivity index (χ0v) is 15.1. The number of halogens is 1. The number of hydrogen-bond acceptors (Lipinski definition) is 2. The second-order valence-corrected chi connectivity index (χ2v) is 7.37. The Kier molecular flexibility index (Phi) is 4.41. The molecule has 0 fully saturated rings. The van der Waals surface area contributed by atoms with Crippen molar-refractivity contribution in [2.75, 3.05) is 5.32 Å². The van der Waals surface area contributed by atoms with E-state index in [0.29, 0.717) is 21.7 Å². The van der Waals surface area contributed by atoms with Crippen LogP contribution in [0.2, 0.25) is 0 Å². The molecule has 24 heavy (non-hydrogen) atoms. The minimum absolute atomic E-state index is 0.177. The maximum Gasteiger partial charge on any atom is 0.266 e. The van der Waals surface area contributed by atoms with Crippen molar-refractivity contribution in [3.8, 4) is 0 Å². The topological polar surface area (TPSA) is 29.1 Å². The molecule has 3 rings (SSSR count). The Hall–Kier alpha value is -2.20. The van der Waals surface area contributed by atoms with E-state index >= 15 is 0 Å². The summed E-state index contributed by atoms with van der Waals surface area (Å²) in [6, 6.07) is 11.0. The molecule has 1 aromatic heterocycles. The third-order valence-corrected chi connectivity index (χ3v) is 5.53. The zero-order valence-electron chi connectivity index (χ0n) is 14.2. The summed E-state index contributed by atoms with van der Waals surface area (Å²) >= 11 is 1.33. The van der Waals surface area contributed by atoms with Crippen molar-refractivity contribution in [3.63, 3.8) is 0 Å². The fourth-order valence-corrected chi connectivity index (χ4v) is 4.10. The predicted molar refractivity (Wildman–Crippen MR) is 99.7 cm³/mol. The minimum atomic E-state index is -0.279. The van der Waals surface area contributed by atoms with Crippen LogP contribution < -0.4 is 5.32 Å². The minimum Gasteiger partial charge on any atom is -0.321 e. The van der Waals surface area contributed by atoms with Gasteiger partial charge in [-0.05, 0) is 48.6 Å². The van der Waals surface area contributed by atoms with Crippen LogP contribution in [-0.2, 0) is 0 Å². The molecule has 1 heterocycles. The maximum absolute atomic E-state index is 14.1. The Balaban J connectivity index is 2.03. The van der Waals surface area contributed by atoms with Crippen molar-refractivity contribution in [2.24, 2.45) is 0 Å². The highest BCUT2D eigenvalue weighted by Crippen LogP contribution is 2.34. The largest absolute Gasteiger partial charge is 0.321 e. The predicted octanol–water partition coefficient (Wildman–Crippen LogP) is 6.03. The molecule has 0 aliphatic heterocycles. The number of nitrogens with one attached hydrogen (secondary N) is 1. The summed E-state index contributed by atoms with van der Waals surface area (Å²) in [6.07, 6.45) is 0. The summed E-state index contributed by atoms with van der Waals surface area (Å²) in [5, 5.41) is 3.59. The summed E-state index contributed by atoms with van der Waals surface area (Å²) < 4.78 is 14.9. The van der Waals surface area contributed by atoms with E-state index in [2.05, 4.69) is 19.2 Å². The van der Waals surface area contributed by atoms with Gasteiger partial charge in [0.05, 0.1) is 4.88 Å². The van der Waals surface area contributed by atoms with E-state index in [1.54, 1.807) is 13.0 Å². The van der Waals surface area contributed by atoms with E-state index in [1.165, 1.54) is 17.4 Å². The van der Waals surface area contributed by atoms with Gasteiger partial charge < -0.3 is 5.32 Å². The van der Waals surface area contributed by atoms with Crippen molar-refractivity contribution in [1.29, 1.82) is 0 Å². The third kappa shape index (κ3) is 2.82. The van der Waals surface area contributed by atoms with E-state index in [9.17, 15) is 9.18 Å². The van der Waals surface area contributed by atoms with Gasteiger partial charge in [-0.2, -0.15) is 0 Å². The van der Waals surface area contributed by atoms with Crippen LogP contribution in [0.5, 0.6) is 0 Å². The van der Waals surface area contributed by atoms with E-state index in [4.69, 9.17) is 0 Å². The van der Waals surface area contributed by atoms with E-state index in [-0.39, 0.29) is 11.7 Å². The average Bonchev–Trinajstić information content (AvgIpc) is 2.87. The molecule has 0 bridgehead atoms. The van der Waals surface area contributed by atoms with Crippen LogP contribution in [0.25, 0.3) is 10.1 Å². The van der Waals surface area contributed by atoms with Gasteiger partial charge in [-0.25, -0.2) is 4.39 Å². The van der Waals surface area contributed by atoms with Crippen LogP contribution in [-0.4, -0.2) is 5.91 Å². The number of benzene rings is 2. The second-order valence-electron chi connectivity index (χ2n) is 6.32. The molecular weight excluding hydrogens is 321 g/mol. The van der Waals surface area contributed by atoms with Gasteiger partial charge in [-0.15, -0.1) is 11.3 Å². The number of rotatable bonds is 3. The van der Waals surface area contributed by atoms with Gasteiger partial charge in [-0.1, -0.05) is 38.1 Å². The Bertz CT molecular complexity index is 927. The van der Waals surface area contributed by atoms with Crippen molar-refractivity contribution in [1.82, 2.24) is 0 Å². The monoisotopic (exact) mass is 341 g/mol. The number of fused-ring (bicyclic) bond motifs is 1. The molecule has 0 saturated carbocycles. The zero-order chi connectivity index (χ0) is 17.4. The number of carbonyl (C=O) groups excluding carboxylic acids is 1. The van der Waals surface area contributed by atoms with Crippen molar-refractivity contribution in [2.45, 2.75) is 33.6 Å². The Morgan fingerprint density at radius 3 is 2.50 bits per heavy atom. The Labute approximate surface area is 145 Å². The highest BCUT2D eigenvalue weighted by Gasteiger charge is 2.19. The first-order valence-electron chi connectivity index (χ1n) is 7.98. The standard InChI is InChI=1S/C20H20FNOS/c1-11(2)14-8-5-7-12(3)18(14)22-20(23)19-13(4)17-15(21)9-6-10-16(17)24-19/h5-11H,1-4H3,(H,22,23). The lowest BCUT2D eigenvalue weighted by Crippen LogP contribution is -2.14. The van der Waals surface area contributed by atoms with Crippen molar-refractivity contribution in [3.05, 3.63) is 63.8 Å². The lowest BCUT2D eigenvalue weighted by Gasteiger charge is -2.16. The molecule has 0 unspecified atom stereocenters. The second kappa shape index (κ2) is 6.36. The number of thiophene rings is 1. The summed E-state index contributed by atoms with van der Waals surface area (Å²) in [6.45, 7) is 7.99. The van der Waals surface area contributed by atoms with Gasteiger partial charge >= 0.3 is 0 Å². The Morgan fingerprint density at radius 1 is 1.12 bits per heavy atom. The van der Waals surface area contributed by atoms with Gasteiger partial charge in [0.15, 0.2) is 0 Å². The highest BCUT2D eigenvalue weighted by molar-refractivity contribution is 7.21. The maximum atomic E-state index is 14.1. The fraction of sp³-hybridized carbons (Fsp3) is 0.250. The molecular formula is C20H20FNOS. The first-order valence-corrected chi connectivity index (χ1v) is 8.80. The molecule has 1 N–H and O–H groups in total. The number of anilines is 1. The lowest BCUT2D eigenvalue weighted by molar-refractivity contribution is 0.103. The van der Waals surface area contributed by atoms with E-state index in [1.807, 2.05) is 31.2 Å². The number of para-hydroxylation sites is 1. The molecule has 3 aromatic rings. The smallest absolute Gasteiger partial charge is 0.266 e. The molecule has 0 spiro atoms. The van der Waals surface area contributed by atoms with Gasteiger partial charge in [0.1, 0.15) is 5.82 Å². The van der Waals surface area contributed by atoms with Crippen LogP contribution in [0.1, 0.15) is 46.1 Å². The normalized spacial score (nSPS) is 11.2. The summed E-state index contributed by atoms with van der Waals surface area (Å²) in [7, 11) is 0. The van der Waals surface area contributed by atoms with Gasteiger partial charge in [0, 0.05) is 15.8 Å². The quantitative estimate of drug-likeness (QED) is 0.619. The molecule has 0 radical (unpaired) electrons. The van der Waals surface area contributed by atoms with Crippen LogP contribution in [0, 0.1) is 19.7 Å². The number of amides is 1. The highest BCUT2D eigenvalue weighted by atomic mass is 32.1. The number of aryl methyl sites for hydroxylation is 2. The molecule has 4 heteroatoms. The summed E-state index contributed by atoms with van der Waals surface area (Å²) in [5.74, 6) is -0.149. The van der Waals surface area contributed by atoms with E-state index < -0.39 is 0 Å². The van der Waals surface area contributed by atoms with Crippen molar-refractivity contribution < 1.29 is 9.18 Å². The van der Waals surface area contributed by atoms with Crippen LogP contribution >= 0.6 is 11.3 Å². The lowest BCUT2D eigenvalue weighted by atomic mass is 9.98. The molecule has 0 saturated heterocycles. The summed E-state index contributed by atoms with van der Waals surface area (Å²) in [4.78, 5) is 13.4. The van der Waals surface area contributed by atoms with Crippen LogP contribution in [0.15, 0.2) is 36.4 Å². The average molecular weight is 341 g/mol.